The smallest absolute Gasteiger partial charge is 0.161 e. The Morgan fingerprint density at radius 3 is 1.83 bits per heavy atom. The maximum atomic E-state index is 6.59. The van der Waals surface area contributed by atoms with E-state index in [1.54, 1.807) is 11.3 Å². The van der Waals surface area contributed by atoms with E-state index >= 15 is 0 Å². The van der Waals surface area contributed by atoms with E-state index in [0.29, 0.717) is 5.82 Å². The Hall–Kier alpha value is -7.14. The van der Waals surface area contributed by atoms with Gasteiger partial charge in [-0.05, 0) is 76.1 Å². The normalized spacial score (nSPS) is 12.1. The Labute approximate surface area is 346 Å². The molecule has 1 atom stereocenters. The summed E-state index contributed by atoms with van der Waals surface area (Å²) in [6.07, 6.45) is 1.96. The standard InChI is InChI=1S/C55H38N2OS/c1-4-14-37(15-5-1)38-29-31-41(32-30-38)44(40-16-6-2-7-17-40)33-26-36-24-27-39(28-25-36)43-34-47(51-45-20-10-12-22-48(45)58-49(51)35-43)55-56-52(42-18-8-3-9-19-42)54-53(57-55)46-21-11-13-23-50(46)59-54/h1-25,27-32,34-35,44H,26,33H2. The van der Waals surface area contributed by atoms with Gasteiger partial charge in [-0.1, -0.05) is 176 Å². The van der Waals surface area contributed by atoms with Crippen LogP contribution < -0.4 is 0 Å². The number of hydrogen-bond acceptors (Lipinski definition) is 4. The first-order valence-corrected chi connectivity index (χ1v) is 21.1. The number of aryl methyl sites for hydroxylation is 1. The van der Waals surface area contributed by atoms with Crippen LogP contribution in [0.25, 0.3) is 87.1 Å². The summed E-state index contributed by atoms with van der Waals surface area (Å²) in [5.41, 5.74) is 14.3. The fraction of sp³-hybridized carbons (Fsp3) is 0.0545. The van der Waals surface area contributed by atoms with Crippen molar-refractivity contribution in [3.63, 3.8) is 0 Å². The quantitative estimate of drug-likeness (QED) is 0.147. The summed E-state index contributed by atoms with van der Waals surface area (Å²) in [4.78, 5) is 10.8. The molecule has 0 aliphatic rings. The number of furan rings is 1. The molecular weight excluding hydrogens is 737 g/mol. The highest BCUT2D eigenvalue weighted by molar-refractivity contribution is 7.26. The number of para-hydroxylation sites is 1. The molecule has 3 heterocycles. The van der Waals surface area contributed by atoms with E-state index in [4.69, 9.17) is 14.4 Å². The Morgan fingerprint density at radius 1 is 0.475 bits per heavy atom. The molecule has 0 amide bonds. The number of nitrogens with zero attached hydrogens (tertiary/aromatic N) is 2. The molecule has 0 fully saturated rings. The van der Waals surface area contributed by atoms with E-state index < -0.39 is 0 Å². The molecule has 1 unspecified atom stereocenters. The minimum atomic E-state index is 0.289. The SMILES string of the molecule is c1ccc(-c2ccc(C(CCc3ccc(-c4cc(-c5nc(-c6ccccc6)c6sc7ccccc7c6n5)c5c(c4)oc4ccccc45)cc3)c3ccccc3)cc2)cc1. The van der Waals surface area contributed by atoms with Gasteiger partial charge < -0.3 is 4.42 Å². The predicted octanol–water partition coefficient (Wildman–Crippen LogP) is 15.2. The Kier molecular flexibility index (Phi) is 8.90. The molecular formula is C55H38N2OS. The lowest BCUT2D eigenvalue weighted by Crippen LogP contribution is -2.03. The van der Waals surface area contributed by atoms with E-state index in [-0.39, 0.29) is 5.92 Å². The van der Waals surface area contributed by atoms with Crippen molar-refractivity contribution in [1.82, 2.24) is 9.97 Å². The Bertz CT molecular complexity index is 3240. The fourth-order valence-electron chi connectivity index (χ4n) is 8.62. The fourth-order valence-corrected chi connectivity index (χ4v) is 9.78. The highest BCUT2D eigenvalue weighted by Crippen LogP contribution is 2.43. The molecule has 0 bridgehead atoms. The first-order valence-electron chi connectivity index (χ1n) is 20.2. The summed E-state index contributed by atoms with van der Waals surface area (Å²) in [5, 5.41) is 3.23. The van der Waals surface area contributed by atoms with E-state index in [0.717, 1.165) is 78.3 Å². The zero-order valence-corrected chi connectivity index (χ0v) is 33.1. The minimum absolute atomic E-state index is 0.289. The number of benzene rings is 8. The lowest BCUT2D eigenvalue weighted by Gasteiger charge is -2.19. The van der Waals surface area contributed by atoms with Crippen LogP contribution in [-0.2, 0) is 6.42 Å². The first kappa shape index (κ1) is 35.1. The highest BCUT2D eigenvalue weighted by Gasteiger charge is 2.21. The van der Waals surface area contributed by atoms with Crippen molar-refractivity contribution in [2.75, 3.05) is 0 Å². The average Bonchev–Trinajstić information content (AvgIpc) is 3.88. The van der Waals surface area contributed by atoms with Gasteiger partial charge in [0.1, 0.15) is 11.2 Å². The van der Waals surface area contributed by atoms with Crippen LogP contribution in [0, 0.1) is 0 Å². The van der Waals surface area contributed by atoms with Crippen molar-refractivity contribution < 1.29 is 4.42 Å². The van der Waals surface area contributed by atoms with Crippen molar-refractivity contribution in [1.29, 1.82) is 0 Å². The van der Waals surface area contributed by atoms with Crippen LogP contribution in [-0.4, -0.2) is 9.97 Å². The molecule has 11 aromatic rings. The second-order valence-electron chi connectivity index (χ2n) is 15.2. The van der Waals surface area contributed by atoms with Gasteiger partial charge in [0.2, 0.25) is 0 Å². The van der Waals surface area contributed by atoms with Crippen LogP contribution in [0.4, 0.5) is 0 Å². The van der Waals surface area contributed by atoms with Gasteiger partial charge in [-0.15, -0.1) is 11.3 Å². The molecule has 0 saturated carbocycles. The lowest BCUT2D eigenvalue weighted by molar-refractivity contribution is 0.669. The molecule has 0 N–H and O–H groups in total. The average molecular weight is 775 g/mol. The van der Waals surface area contributed by atoms with E-state index in [9.17, 15) is 0 Å². The van der Waals surface area contributed by atoms with Crippen molar-refractivity contribution in [2.45, 2.75) is 18.8 Å². The molecule has 3 nitrogen and oxygen atoms in total. The molecule has 280 valence electrons. The topological polar surface area (TPSA) is 38.9 Å². The summed E-state index contributed by atoms with van der Waals surface area (Å²) in [5.74, 6) is 0.982. The van der Waals surface area contributed by atoms with Gasteiger partial charge in [-0.2, -0.15) is 0 Å². The molecule has 11 rings (SSSR count). The molecule has 8 aromatic carbocycles. The van der Waals surface area contributed by atoms with Gasteiger partial charge in [0.05, 0.1) is 15.9 Å². The molecule has 0 spiro atoms. The molecule has 0 aliphatic heterocycles. The van der Waals surface area contributed by atoms with Crippen LogP contribution in [0.1, 0.15) is 29.0 Å². The summed E-state index contributed by atoms with van der Waals surface area (Å²) in [6, 6.07) is 71.4. The number of rotatable bonds is 9. The zero-order chi connectivity index (χ0) is 39.1. The number of thiophene rings is 1. The highest BCUT2D eigenvalue weighted by atomic mass is 32.1. The maximum absolute atomic E-state index is 6.59. The minimum Gasteiger partial charge on any atom is -0.456 e. The van der Waals surface area contributed by atoms with Crippen LogP contribution in [0.3, 0.4) is 0 Å². The van der Waals surface area contributed by atoms with Crippen molar-refractivity contribution in [3.8, 4) is 44.9 Å². The van der Waals surface area contributed by atoms with Crippen molar-refractivity contribution in [2.24, 2.45) is 0 Å². The Balaban J connectivity index is 0.968. The molecule has 59 heavy (non-hydrogen) atoms. The van der Waals surface area contributed by atoms with Crippen molar-refractivity contribution >= 4 is 53.6 Å². The number of aromatic nitrogens is 2. The third kappa shape index (κ3) is 6.58. The third-order valence-electron chi connectivity index (χ3n) is 11.6. The molecule has 4 heteroatoms. The maximum Gasteiger partial charge on any atom is 0.161 e. The van der Waals surface area contributed by atoms with Gasteiger partial charge in [0.25, 0.3) is 0 Å². The summed E-state index contributed by atoms with van der Waals surface area (Å²) >= 11 is 1.76. The largest absolute Gasteiger partial charge is 0.456 e. The molecule has 0 aliphatic carbocycles. The number of fused-ring (bicyclic) bond motifs is 6. The van der Waals surface area contributed by atoms with E-state index in [2.05, 4.69) is 188 Å². The second kappa shape index (κ2) is 15.0. The molecule has 0 radical (unpaired) electrons. The zero-order valence-electron chi connectivity index (χ0n) is 32.3. The predicted molar refractivity (Wildman–Crippen MR) is 247 cm³/mol. The number of hydrogen-bond donors (Lipinski definition) is 0. The lowest BCUT2D eigenvalue weighted by atomic mass is 9.85. The molecule has 3 aromatic heterocycles. The monoisotopic (exact) mass is 774 g/mol. The van der Waals surface area contributed by atoms with Crippen LogP contribution in [0.2, 0.25) is 0 Å². The third-order valence-corrected chi connectivity index (χ3v) is 12.8. The van der Waals surface area contributed by atoms with Crippen molar-refractivity contribution in [3.05, 3.63) is 217 Å². The Morgan fingerprint density at radius 2 is 1.07 bits per heavy atom. The molecule has 0 saturated heterocycles. The van der Waals surface area contributed by atoms with E-state index in [1.807, 2.05) is 12.1 Å². The van der Waals surface area contributed by atoms with Gasteiger partial charge >= 0.3 is 0 Å². The van der Waals surface area contributed by atoms with Gasteiger partial charge in [0.15, 0.2) is 5.82 Å². The summed E-state index contributed by atoms with van der Waals surface area (Å²) in [6.45, 7) is 0. The van der Waals surface area contributed by atoms with Crippen LogP contribution in [0.5, 0.6) is 0 Å². The van der Waals surface area contributed by atoms with Crippen LogP contribution >= 0.6 is 11.3 Å². The summed E-state index contributed by atoms with van der Waals surface area (Å²) < 4.78 is 8.89. The van der Waals surface area contributed by atoms with Gasteiger partial charge in [-0.3, -0.25) is 0 Å². The van der Waals surface area contributed by atoms with Crippen LogP contribution in [0.15, 0.2) is 205 Å². The first-order chi connectivity index (χ1) is 29.2. The van der Waals surface area contributed by atoms with E-state index in [1.165, 1.54) is 32.5 Å². The van der Waals surface area contributed by atoms with Gasteiger partial charge in [0, 0.05) is 37.9 Å². The van der Waals surface area contributed by atoms with Gasteiger partial charge in [-0.25, -0.2) is 9.97 Å². The summed E-state index contributed by atoms with van der Waals surface area (Å²) in [7, 11) is 0. The second-order valence-corrected chi connectivity index (χ2v) is 16.3.